The van der Waals surface area contributed by atoms with Gasteiger partial charge in [-0.1, -0.05) is 12.1 Å². The minimum Gasteiger partial charge on any atom is -0.341 e. The maximum absolute atomic E-state index is 12.3. The van der Waals surface area contributed by atoms with Crippen LogP contribution < -0.4 is 10.0 Å². The number of carbonyl (C=O) groups is 1. The molecule has 1 aromatic rings. The molecule has 3 rings (SSSR count). The summed E-state index contributed by atoms with van der Waals surface area (Å²) in [6, 6.07) is 6.65. The van der Waals surface area contributed by atoms with E-state index in [2.05, 4.69) is 15.0 Å². The minimum atomic E-state index is -3.55. The van der Waals surface area contributed by atoms with Gasteiger partial charge in [-0.05, 0) is 44.5 Å². The van der Waals surface area contributed by atoms with E-state index in [4.69, 9.17) is 0 Å². The van der Waals surface area contributed by atoms with Crippen molar-refractivity contribution in [2.45, 2.75) is 17.7 Å². The molecule has 0 radical (unpaired) electrons. The van der Waals surface area contributed by atoms with E-state index < -0.39 is 10.0 Å². The lowest BCUT2D eigenvalue weighted by Gasteiger charge is -2.31. The first-order chi connectivity index (χ1) is 11.5. The molecule has 1 aromatic carbocycles. The van der Waals surface area contributed by atoms with Gasteiger partial charge in [0.1, 0.15) is 12.4 Å². The molecule has 130 valence electrons. The van der Waals surface area contributed by atoms with Crippen molar-refractivity contribution in [3.05, 3.63) is 29.8 Å². The molecule has 7 nitrogen and oxygen atoms in total. The number of hydrogen-bond acceptors (Lipinski definition) is 5. The molecule has 0 atom stereocenters. The summed E-state index contributed by atoms with van der Waals surface area (Å²) in [7, 11) is -1.62. The van der Waals surface area contributed by atoms with Gasteiger partial charge in [0, 0.05) is 18.7 Å². The third kappa shape index (κ3) is 3.44. The van der Waals surface area contributed by atoms with Crippen LogP contribution in [0.4, 0.5) is 0 Å². The Balaban J connectivity index is 1.64. The number of carbonyl (C=O) groups excluding carboxylic acids is 1. The number of benzene rings is 1. The molecule has 24 heavy (non-hydrogen) atoms. The summed E-state index contributed by atoms with van der Waals surface area (Å²) in [4.78, 5) is 18.6. The maximum atomic E-state index is 12.3. The van der Waals surface area contributed by atoms with Crippen LogP contribution in [0.1, 0.15) is 18.4 Å². The van der Waals surface area contributed by atoms with Gasteiger partial charge in [0.25, 0.3) is 10.0 Å². The van der Waals surface area contributed by atoms with Gasteiger partial charge in [0.05, 0.1) is 4.90 Å². The van der Waals surface area contributed by atoms with Crippen molar-refractivity contribution < 1.29 is 13.2 Å². The van der Waals surface area contributed by atoms with Crippen LogP contribution in [0.25, 0.3) is 0 Å². The van der Waals surface area contributed by atoms with E-state index >= 15 is 0 Å². The smallest absolute Gasteiger partial charge is 0.263 e. The number of amides is 1. The lowest BCUT2D eigenvalue weighted by atomic mass is 9.97. The Hall–Kier alpha value is -1.93. The predicted molar refractivity (Wildman–Crippen MR) is 91.4 cm³/mol. The lowest BCUT2D eigenvalue weighted by molar-refractivity contribution is -0.130. The van der Waals surface area contributed by atoms with Gasteiger partial charge in [0.2, 0.25) is 5.91 Å². The molecule has 2 aliphatic heterocycles. The number of hydrogen-bond donors (Lipinski definition) is 2. The van der Waals surface area contributed by atoms with E-state index in [0.717, 1.165) is 32.5 Å². The number of fused-ring (bicyclic) bond motifs is 1. The van der Waals surface area contributed by atoms with E-state index in [0.29, 0.717) is 11.5 Å². The van der Waals surface area contributed by atoms with Gasteiger partial charge < -0.3 is 10.2 Å². The van der Waals surface area contributed by atoms with Crippen LogP contribution in [0.5, 0.6) is 0 Å². The summed E-state index contributed by atoms with van der Waals surface area (Å²) >= 11 is 0. The highest BCUT2D eigenvalue weighted by molar-refractivity contribution is 7.90. The van der Waals surface area contributed by atoms with Crippen LogP contribution in [0.2, 0.25) is 0 Å². The summed E-state index contributed by atoms with van der Waals surface area (Å²) in [6.07, 6.45) is 1.97. The molecule has 1 amide bonds. The van der Waals surface area contributed by atoms with Crippen LogP contribution in [-0.2, 0) is 14.8 Å². The van der Waals surface area contributed by atoms with E-state index in [1.807, 2.05) is 11.9 Å². The molecule has 0 spiro atoms. The zero-order valence-corrected chi connectivity index (χ0v) is 14.5. The van der Waals surface area contributed by atoms with Gasteiger partial charge >= 0.3 is 0 Å². The van der Waals surface area contributed by atoms with E-state index in [9.17, 15) is 13.2 Å². The zero-order valence-electron chi connectivity index (χ0n) is 13.7. The normalized spacial score (nSPS) is 21.5. The fourth-order valence-electron chi connectivity index (χ4n) is 3.17. The van der Waals surface area contributed by atoms with Crippen LogP contribution >= 0.6 is 0 Å². The largest absolute Gasteiger partial charge is 0.341 e. The summed E-state index contributed by atoms with van der Waals surface area (Å²) in [6.45, 7) is 2.41. The van der Waals surface area contributed by atoms with Gasteiger partial charge in [0.15, 0.2) is 0 Å². The maximum Gasteiger partial charge on any atom is 0.263 e. The third-order valence-electron chi connectivity index (χ3n) is 4.50. The van der Waals surface area contributed by atoms with Gasteiger partial charge in [-0.25, -0.2) is 8.42 Å². The highest BCUT2D eigenvalue weighted by atomic mass is 32.2. The highest BCUT2D eigenvalue weighted by Crippen LogP contribution is 2.22. The molecule has 8 heteroatoms. The molecule has 0 unspecified atom stereocenters. The van der Waals surface area contributed by atoms with Crippen LogP contribution in [0.3, 0.4) is 0 Å². The predicted octanol–water partition coefficient (Wildman–Crippen LogP) is 0.183. The number of nitrogens with zero attached hydrogens (tertiary/aromatic N) is 2. The summed E-state index contributed by atoms with van der Waals surface area (Å²) in [5, 5.41) is 3.17. The number of nitrogens with one attached hydrogen (secondary N) is 2. The SMILES string of the molecule is CNCC1CCN(C(=O)CN=C2NS(=O)(=O)c3ccccc32)CC1. The average Bonchev–Trinajstić information content (AvgIpc) is 2.85. The second-order valence-electron chi connectivity index (χ2n) is 6.15. The highest BCUT2D eigenvalue weighted by Gasteiger charge is 2.30. The number of likely N-dealkylation sites (tertiary alicyclic amines) is 1. The van der Waals surface area contributed by atoms with Crippen molar-refractivity contribution in [1.82, 2.24) is 14.9 Å². The average molecular weight is 350 g/mol. The molecule has 0 bridgehead atoms. The molecule has 0 saturated carbocycles. The van der Waals surface area contributed by atoms with Crippen LogP contribution in [-0.4, -0.2) is 58.3 Å². The van der Waals surface area contributed by atoms with E-state index in [1.54, 1.807) is 18.2 Å². The first-order valence-electron chi connectivity index (χ1n) is 8.10. The topological polar surface area (TPSA) is 90.9 Å². The molecule has 2 aliphatic rings. The molecule has 0 aromatic heterocycles. The van der Waals surface area contributed by atoms with Crippen molar-refractivity contribution in [2.24, 2.45) is 10.9 Å². The van der Waals surface area contributed by atoms with E-state index in [1.165, 1.54) is 6.07 Å². The Morgan fingerprint density at radius 3 is 2.75 bits per heavy atom. The lowest BCUT2D eigenvalue weighted by Crippen LogP contribution is -2.41. The Morgan fingerprint density at radius 1 is 1.33 bits per heavy atom. The Morgan fingerprint density at radius 2 is 2.04 bits per heavy atom. The fraction of sp³-hybridized carbons (Fsp3) is 0.500. The number of piperidine rings is 1. The van der Waals surface area contributed by atoms with Crippen LogP contribution in [0.15, 0.2) is 34.2 Å². The van der Waals surface area contributed by atoms with Crippen molar-refractivity contribution >= 4 is 21.8 Å². The molecular formula is C16H22N4O3S. The van der Waals surface area contributed by atoms with Crippen LogP contribution in [0, 0.1) is 5.92 Å². The standard InChI is InChI=1S/C16H22N4O3S/c1-17-10-12-6-8-20(9-7-12)15(21)11-18-16-13-4-2-3-5-14(13)24(22,23)19-16/h2-5,12,17H,6-11H2,1H3,(H,18,19). The third-order valence-corrected chi connectivity index (χ3v) is 5.89. The molecule has 0 aliphatic carbocycles. The summed E-state index contributed by atoms with van der Waals surface area (Å²) < 4.78 is 26.4. The van der Waals surface area contributed by atoms with Crippen molar-refractivity contribution in [3.8, 4) is 0 Å². The minimum absolute atomic E-state index is 0.0388. The second kappa shape index (κ2) is 6.90. The Labute approximate surface area is 142 Å². The van der Waals surface area contributed by atoms with Gasteiger partial charge in [-0.15, -0.1) is 0 Å². The number of amidine groups is 1. The summed E-state index contributed by atoms with van der Waals surface area (Å²) in [5.41, 5.74) is 0.526. The molecule has 1 saturated heterocycles. The quantitative estimate of drug-likeness (QED) is 0.811. The second-order valence-corrected chi connectivity index (χ2v) is 7.80. The molecule has 2 N–H and O–H groups in total. The molecular weight excluding hydrogens is 328 g/mol. The first-order valence-corrected chi connectivity index (χ1v) is 9.58. The van der Waals surface area contributed by atoms with Crippen molar-refractivity contribution in [1.29, 1.82) is 0 Å². The molecule has 2 heterocycles. The van der Waals surface area contributed by atoms with Gasteiger partial charge in [-0.3, -0.25) is 14.5 Å². The first kappa shape index (κ1) is 16.9. The van der Waals surface area contributed by atoms with Crippen molar-refractivity contribution in [3.63, 3.8) is 0 Å². The molecule has 1 fully saturated rings. The number of sulfonamides is 1. The fourth-order valence-corrected chi connectivity index (χ4v) is 4.42. The van der Waals surface area contributed by atoms with E-state index in [-0.39, 0.29) is 23.2 Å². The Kier molecular flexibility index (Phi) is 4.86. The zero-order chi connectivity index (χ0) is 17.2. The summed E-state index contributed by atoms with van der Waals surface area (Å²) in [5.74, 6) is 0.803. The number of rotatable bonds is 4. The Bertz CT molecular complexity index is 752. The van der Waals surface area contributed by atoms with Crippen molar-refractivity contribution in [2.75, 3.05) is 33.2 Å². The monoisotopic (exact) mass is 350 g/mol. The number of aliphatic imine (C=N–C) groups is 1. The van der Waals surface area contributed by atoms with Gasteiger partial charge in [-0.2, -0.15) is 0 Å².